The highest BCUT2D eigenvalue weighted by atomic mass is 15.3. The predicted octanol–water partition coefficient (Wildman–Crippen LogP) is 5.81. The number of hydrogen-bond donors (Lipinski definition) is 0. The second-order valence-corrected chi connectivity index (χ2v) is 6.67. The van der Waals surface area contributed by atoms with Crippen molar-refractivity contribution in [3.63, 3.8) is 0 Å². The lowest BCUT2D eigenvalue weighted by atomic mass is 10.0. The molecule has 2 heterocycles. The zero-order chi connectivity index (χ0) is 19.5. The molecule has 0 atom stereocenters. The fourth-order valence-corrected chi connectivity index (χ4v) is 3.41. The van der Waals surface area contributed by atoms with Crippen LogP contribution in [0.1, 0.15) is 5.56 Å². The zero-order valence-corrected chi connectivity index (χ0v) is 15.7. The van der Waals surface area contributed by atoms with E-state index < -0.39 is 0 Å². The van der Waals surface area contributed by atoms with E-state index in [9.17, 15) is 0 Å². The highest BCUT2D eigenvalue weighted by Gasteiger charge is 2.17. The Morgan fingerprint density at radius 3 is 2.00 bits per heavy atom. The molecule has 138 valence electrons. The van der Waals surface area contributed by atoms with Crippen LogP contribution in [0.4, 0.5) is 5.95 Å². The minimum atomic E-state index is 0.556. The summed E-state index contributed by atoms with van der Waals surface area (Å²) in [6, 6.07) is 32.5. The second-order valence-electron chi connectivity index (χ2n) is 6.67. The van der Waals surface area contributed by atoms with Gasteiger partial charge in [0.15, 0.2) is 0 Å². The lowest BCUT2D eigenvalue weighted by Crippen LogP contribution is -1.93. The fourth-order valence-electron chi connectivity index (χ4n) is 3.41. The minimum Gasteiger partial charge on any atom is -0.219 e. The van der Waals surface area contributed by atoms with E-state index in [4.69, 9.17) is 4.98 Å². The van der Waals surface area contributed by atoms with Gasteiger partial charge in [0.25, 0.3) is 5.95 Å². The predicted molar refractivity (Wildman–Crippen MR) is 118 cm³/mol. The van der Waals surface area contributed by atoms with E-state index in [1.54, 1.807) is 6.20 Å². The summed E-state index contributed by atoms with van der Waals surface area (Å²) in [6.07, 6.45) is 3.62. The summed E-state index contributed by atoms with van der Waals surface area (Å²) in [4.78, 5) is 9.51. The maximum Gasteiger partial charge on any atom is 0.251 e. The minimum absolute atomic E-state index is 0.556. The van der Waals surface area contributed by atoms with Gasteiger partial charge in [0, 0.05) is 23.5 Å². The van der Waals surface area contributed by atoms with Gasteiger partial charge in [0.1, 0.15) is 11.2 Å². The fraction of sp³-hybridized carbons (Fsp3) is 0. The first kappa shape index (κ1) is 17.1. The van der Waals surface area contributed by atoms with Crippen molar-refractivity contribution < 1.29 is 0 Å². The summed E-state index contributed by atoms with van der Waals surface area (Å²) in [5.41, 5.74) is 6.08. The molecule has 0 unspecified atom stereocenters. The Kier molecular flexibility index (Phi) is 4.43. The zero-order valence-electron chi connectivity index (χ0n) is 15.7. The van der Waals surface area contributed by atoms with Crippen LogP contribution in [-0.2, 0) is 0 Å². The molecule has 0 N–H and O–H groups in total. The molecule has 2 aromatic heterocycles. The molecule has 0 amide bonds. The second kappa shape index (κ2) is 7.52. The molecule has 0 fully saturated rings. The monoisotopic (exact) mass is 374 g/mol. The molecule has 0 aliphatic heterocycles. The van der Waals surface area contributed by atoms with Crippen molar-refractivity contribution >= 4 is 17.7 Å². The van der Waals surface area contributed by atoms with Gasteiger partial charge >= 0.3 is 0 Å². The molecular formula is C25H18N4. The Morgan fingerprint density at radius 1 is 0.690 bits per heavy atom. The SMILES string of the molecule is C(=N\c1nc(-c2ccccc2)c2c(-c3ccccc3)ccnn12)/c1ccccc1. The number of rotatable bonds is 4. The topological polar surface area (TPSA) is 42.5 Å². The van der Waals surface area contributed by atoms with Crippen LogP contribution >= 0.6 is 0 Å². The molecule has 4 nitrogen and oxygen atoms in total. The van der Waals surface area contributed by atoms with E-state index in [1.165, 1.54) is 0 Å². The Morgan fingerprint density at radius 2 is 1.31 bits per heavy atom. The Balaban J connectivity index is 1.75. The van der Waals surface area contributed by atoms with E-state index >= 15 is 0 Å². The molecule has 0 aliphatic carbocycles. The van der Waals surface area contributed by atoms with Crippen molar-refractivity contribution in [2.45, 2.75) is 0 Å². The Bertz CT molecular complexity index is 1270. The molecule has 0 radical (unpaired) electrons. The van der Waals surface area contributed by atoms with Crippen LogP contribution in [0.5, 0.6) is 0 Å². The number of aliphatic imine (C=N–C) groups is 1. The lowest BCUT2D eigenvalue weighted by molar-refractivity contribution is 0.926. The first-order valence-electron chi connectivity index (χ1n) is 9.48. The molecule has 3 aromatic carbocycles. The average Bonchev–Trinajstić information content (AvgIpc) is 3.18. The van der Waals surface area contributed by atoms with E-state index in [-0.39, 0.29) is 0 Å². The number of fused-ring (bicyclic) bond motifs is 1. The summed E-state index contributed by atoms with van der Waals surface area (Å²) in [7, 11) is 0. The van der Waals surface area contributed by atoms with Gasteiger partial charge in [-0.15, -0.1) is 0 Å². The molecule has 0 spiro atoms. The van der Waals surface area contributed by atoms with Crippen LogP contribution in [0.25, 0.3) is 27.9 Å². The van der Waals surface area contributed by atoms with Crippen LogP contribution < -0.4 is 0 Å². The van der Waals surface area contributed by atoms with Crippen LogP contribution in [0, 0.1) is 0 Å². The van der Waals surface area contributed by atoms with Gasteiger partial charge in [0.2, 0.25) is 0 Å². The van der Waals surface area contributed by atoms with Crippen molar-refractivity contribution in [1.29, 1.82) is 0 Å². The molecule has 0 saturated carbocycles. The van der Waals surface area contributed by atoms with Gasteiger partial charge in [-0.25, -0.2) is 9.98 Å². The van der Waals surface area contributed by atoms with Crippen molar-refractivity contribution in [1.82, 2.24) is 14.6 Å². The summed E-state index contributed by atoms with van der Waals surface area (Å²) in [5.74, 6) is 0.556. The summed E-state index contributed by atoms with van der Waals surface area (Å²) in [5, 5.41) is 4.57. The van der Waals surface area contributed by atoms with Gasteiger partial charge in [-0.05, 0) is 17.2 Å². The normalized spacial score (nSPS) is 11.3. The van der Waals surface area contributed by atoms with Gasteiger partial charge in [-0.2, -0.15) is 9.61 Å². The van der Waals surface area contributed by atoms with Crippen molar-refractivity contribution in [3.8, 4) is 22.4 Å². The van der Waals surface area contributed by atoms with Gasteiger partial charge in [-0.3, -0.25) is 0 Å². The van der Waals surface area contributed by atoms with Crippen LogP contribution in [0.2, 0.25) is 0 Å². The number of imidazole rings is 1. The van der Waals surface area contributed by atoms with E-state index in [0.717, 1.165) is 33.5 Å². The van der Waals surface area contributed by atoms with Gasteiger partial charge in [-0.1, -0.05) is 91.0 Å². The standard InChI is InChI=1S/C25H18N4/c1-4-10-19(11-5-1)18-26-25-28-23(21-14-8-3-9-15-21)24-22(16-17-27-29(24)25)20-12-6-2-7-13-20/h1-18H/b26-18+. The lowest BCUT2D eigenvalue weighted by Gasteiger charge is -2.06. The summed E-state index contributed by atoms with van der Waals surface area (Å²) < 4.78 is 1.82. The maximum absolute atomic E-state index is 4.86. The Hall–Kier alpha value is -4.05. The van der Waals surface area contributed by atoms with Crippen molar-refractivity contribution in [2.75, 3.05) is 0 Å². The molecule has 5 rings (SSSR count). The maximum atomic E-state index is 4.86. The third-order valence-corrected chi connectivity index (χ3v) is 4.78. The number of hydrogen-bond acceptors (Lipinski definition) is 3. The third-order valence-electron chi connectivity index (χ3n) is 4.78. The molecule has 29 heavy (non-hydrogen) atoms. The quantitative estimate of drug-likeness (QED) is 0.372. The number of benzene rings is 3. The average molecular weight is 374 g/mol. The highest BCUT2D eigenvalue weighted by Crippen LogP contribution is 2.34. The number of nitrogens with zero attached hydrogens (tertiary/aromatic N) is 4. The molecule has 5 aromatic rings. The summed E-state index contributed by atoms with van der Waals surface area (Å²) >= 11 is 0. The van der Waals surface area contributed by atoms with E-state index in [0.29, 0.717) is 5.95 Å². The third kappa shape index (κ3) is 3.32. The molecule has 4 heteroatoms. The first-order chi connectivity index (χ1) is 14.4. The van der Waals surface area contributed by atoms with Gasteiger partial charge < -0.3 is 0 Å². The smallest absolute Gasteiger partial charge is 0.219 e. The largest absolute Gasteiger partial charge is 0.251 e. The summed E-state index contributed by atoms with van der Waals surface area (Å²) in [6.45, 7) is 0. The molecular weight excluding hydrogens is 356 g/mol. The van der Waals surface area contributed by atoms with Crippen LogP contribution in [0.3, 0.4) is 0 Å². The van der Waals surface area contributed by atoms with Crippen LogP contribution in [-0.4, -0.2) is 20.8 Å². The molecule has 0 aliphatic rings. The van der Waals surface area contributed by atoms with Crippen LogP contribution in [0.15, 0.2) is 108 Å². The van der Waals surface area contributed by atoms with E-state index in [2.05, 4.69) is 34.4 Å². The van der Waals surface area contributed by atoms with Crippen molar-refractivity contribution in [3.05, 3.63) is 109 Å². The number of aromatic nitrogens is 3. The van der Waals surface area contributed by atoms with Crippen molar-refractivity contribution in [2.24, 2.45) is 4.99 Å². The van der Waals surface area contributed by atoms with E-state index in [1.807, 2.05) is 83.5 Å². The Labute approximate surface area is 168 Å². The van der Waals surface area contributed by atoms with Gasteiger partial charge in [0.05, 0.1) is 0 Å². The highest BCUT2D eigenvalue weighted by molar-refractivity contribution is 5.92. The molecule has 0 bridgehead atoms. The molecule has 0 saturated heterocycles. The first-order valence-corrected chi connectivity index (χ1v) is 9.48.